The van der Waals surface area contributed by atoms with Gasteiger partial charge < -0.3 is 16.0 Å². The second kappa shape index (κ2) is 7.79. The largest absolute Gasteiger partial charge is 0.352 e. The summed E-state index contributed by atoms with van der Waals surface area (Å²) in [4.78, 5) is 25.7. The van der Waals surface area contributed by atoms with E-state index in [0.29, 0.717) is 31.8 Å². The number of nitrogens with zero attached hydrogens (tertiary/aromatic N) is 1. The molecule has 2 fully saturated rings. The number of likely N-dealkylation sites (tertiary alicyclic amines) is 1. The highest BCUT2D eigenvalue weighted by Gasteiger charge is 2.25. The molecule has 24 heavy (non-hydrogen) atoms. The van der Waals surface area contributed by atoms with Crippen LogP contribution in [0.25, 0.3) is 0 Å². The highest BCUT2D eigenvalue weighted by Crippen LogP contribution is 2.26. The Kier molecular flexibility index (Phi) is 5.51. The van der Waals surface area contributed by atoms with Crippen LogP contribution in [0.1, 0.15) is 49.7 Å². The van der Waals surface area contributed by atoms with E-state index in [4.69, 9.17) is 5.73 Å². The van der Waals surface area contributed by atoms with E-state index >= 15 is 0 Å². The molecule has 0 bridgehead atoms. The molecule has 1 saturated heterocycles. The van der Waals surface area contributed by atoms with Crippen LogP contribution in [-0.4, -0.2) is 29.3 Å². The number of rotatable bonds is 6. The van der Waals surface area contributed by atoms with E-state index in [-0.39, 0.29) is 17.9 Å². The Bertz CT molecular complexity index is 602. The average Bonchev–Trinajstić information content (AvgIpc) is 3.15. The van der Waals surface area contributed by atoms with Crippen molar-refractivity contribution in [2.75, 3.05) is 6.54 Å². The number of carbonyl (C=O) groups is 2. The van der Waals surface area contributed by atoms with Crippen molar-refractivity contribution in [1.82, 2.24) is 10.2 Å². The second-order valence-electron chi connectivity index (χ2n) is 7.07. The minimum absolute atomic E-state index is 0.0810. The molecule has 2 amide bonds. The first-order valence-electron chi connectivity index (χ1n) is 8.99. The Hall–Kier alpha value is -1.88. The molecule has 0 aromatic heterocycles. The highest BCUT2D eigenvalue weighted by molar-refractivity contribution is 5.78. The number of benzene rings is 1. The van der Waals surface area contributed by atoms with Crippen LogP contribution in [0.5, 0.6) is 0 Å². The maximum Gasteiger partial charge on any atom is 0.222 e. The summed E-state index contributed by atoms with van der Waals surface area (Å²) in [5.74, 6) is 0.650. The van der Waals surface area contributed by atoms with Gasteiger partial charge in [-0.25, -0.2) is 0 Å². The van der Waals surface area contributed by atoms with Gasteiger partial charge in [0.25, 0.3) is 0 Å². The summed E-state index contributed by atoms with van der Waals surface area (Å²) in [6.07, 6.45) is 5.39. The van der Waals surface area contributed by atoms with Crippen LogP contribution >= 0.6 is 0 Å². The lowest BCUT2D eigenvalue weighted by atomic mass is 10.00. The first-order valence-corrected chi connectivity index (χ1v) is 8.99. The summed E-state index contributed by atoms with van der Waals surface area (Å²) in [6.45, 7) is 2.04. The lowest BCUT2D eigenvalue weighted by Gasteiger charge is -2.17. The van der Waals surface area contributed by atoms with Gasteiger partial charge in [0.05, 0.1) is 0 Å². The van der Waals surface area contributed by atoms with Crippen LogP contribution in [0.15, 0.2) is 24.3 Å². The fourth-order valence-electron chi connectivity index (χ4n) is 3.76. The van der Waals surface area contributed by atoms with Gasteiger partial charge in [-0.05, 0) is 36.3 Å². The van der Waals surface area contributed by atoms with E-state index in [1.165, 1.54) is 0 Å². The van der Waals surface area contributed by atoms with Crippen molar-refractivity contribution in [3.05, 3.63) is 35.4 Å². The van der Waals surface area contributed by atoms with Gasteiger partial charge in [0, 0.05) is 38.5 Å². The minimum atomic E-state index is 0.0810. The maximum atomic E-state index is 12.1. The predicted octanol–water partition coefficient (Wildman–Crippen LogP) is 1.94. The molecule has 0 radical (unpaired) electrons. The van der Waals surface area contributed by atoms with Crippen molar-refractivity contribution in [3.8, 4) is 0 Å². The van der Waals surface area contributed by atoms with Gasteiger partial charge in [-0.3, -0.25) is 9.59 Å². The van der Waals surface area contributed by atoms with E-state index in [2.05, 4.69) is 11.4 Å². The van der Waals surface area contributed by atoms with Gasteiger partial charge in [-0.15, -0.1) is 0 Å². The van der Waals surface area contributed by atoms with Crippen molar-refractivity contribution in [2.45, 2.75) is 57.7 Å². The third-order valence-electron chi connectivity index (χ3n) is 5.19. The van der Waals surface area contributed by atoms with Crippen LogP contribution in [0.4, 0.5) is 0 Å². The van der Waals surface area contributed by atoms with E-state index in [1.807, 2.05) is 23.1 Å². The Balaban J connectivity index is 1.49. The fourth-order valence-corrected chi connectivity index (χ4v) is 3.76. The summed E-state index contributed by atoms with van der Waals surface area (Å²) < 4.78 is 0. The van der Waals surface area contributed by atoms with E-state index in [1.54, 1.807) is 0 Å². The van der Waals surface area contributed by atoms with Crippen molar-refractivity contribution >= 4 is 11.8 Å². The van der Waals surface area contributed by atoms with Crippen LogP contribution in [0.3, 0.4) is 0 Å². The lowest BCUT2D eigenvalue weighted by Crippen LogP contribution is -2.31. The fraction of sp³-hybridized carbons (Fsp3) is 0.579. The van der Waals surface area contributed by atoms with Crippen LogP contribution in [0.2, 0.25) is 0 Å². The normalized spacial score (nSPS) is 23.7. The molecule has 1 aliphatic heterocycles. The molecule has 1 heterocycles. The monoisotopic (exact) mass is 329 g/mol. The first-order chi connectivity index (χ1) is 11.6. The predicted molar refractivity (Wildman–Crippen MR) is 92.9 cm³/mol. The second-order valence-corrected chi connectivity index (χ2v) is 7.07. The molecule has 2 aliphatic rings. The Morgan fingerprint density at radius 3 is 2.79 bits per heavy atom. The SMILES string of the molecule is N[C@@H]1CCC[C@H]1CC(=O)NCc1cccc(CN2CCCC2=O)c1. The van der Waals surface area contributed by atoms with E-state index in [9.17, 15) is 9.59 Å². The molecule has 2 atom stereocenters. The van der Waals surface area contributed by atoms with Gasteiger partial charge in [0.2, 0.25) is 11.8 Å². The number of nitrogens with one attached hydrogen (secondary N) is 1. The molecule has 5 nitrogen and oxygen atoms in total. The van der Waals surface area contributed by atoms with E-state index in [0.717, 1.165) is 43.4 Å². The first kappa shape index (κ1) is 17.0. The number of nitrogens with two attached hydrogens (primary N) is 1. The third kappa shape index (κ3) is 4.35. The number of hydrogen-bond acceptors (Lipinski definition) is 3. The minimum Gasteiger partial charge on any atom is -0.352 e. The third-order valence-corrected chi connectivity index (χ3v) is 5.19. The number of hydrogen-bond donors (Lipinski definition) is 2. The highest BCUT2D eigenvalue weighted by atomic mass is 16.2. The molecule has 1 saturated carbocycles. The maximum absolute atomic E-state index is 12.1. The number of carbonyl (C=O) groups excluding carboxylic acids is 2. The van der Waals surface area contributed by atoms with Gasteiger partial charge in [-0.2, -0.15) is 0 Å². The number of amides is 2. The molecule has 0 unspecified atom stereocenters. The molecule has 1 aromatic rings. The van der Waals surface area contributed by atoms with Gasteiger partial charge in [0.15, 0.2) is 0 Å². The Labute approximate surface area is 143 Å². The van der Waals surface area contributed by atoms with Gasteiger partial charge in [0.1, 0.15) is 0 Å². The topological polar surface area (TPSA) is 75.4 Å². The summed E-state index contributed by atoms with van der Waals surface area (Å²) >= 11 is 0. The summed E-state index contributed by atoms with van der Waals surface area (Å²) in [6, 6.07) is 8.29. The van der Waals surface area contributed by atoms with Crippen molar-refractivity contribution < 1.29 is 9.59 Å². The van der Waals surface area contributed by atoms with Crippen LogP contribution < -0.4 is 11.1 Å². The van der Waals surface area contributed by atoms with Crippen molar-refractivity contribution in [1.29, 1.82) is 0 Å². The zero-order valence-corrected chi connectivity index (χ0v) is 14.2. The molecule has 1 aliphatic carbocycles. The molecule has 3 N–H and O–H groups in total. The zero-order chi connectivity index (χ0) is 16.9. The smallest absolute Gasteiger partial charge is 0.222 e. The van der Waals surface area contributed by atoms with E-state index < -0.39 is 0 Å². The summed E-state index contributed by atoms with van der Waals surface area (Å²) in [5.41, 5.74) is 8.22. The lowest BCUT2D eigenvalue weighted by molar-refractivity contribution is -0.128. The average molecular weight is 329 g/mol. The van der Waals surface area contributed by atoms with Gasteiger partial charge >= 0.3 is 0 Å². The van der Waals surface area contributed by atoms with Crippen LogP contribution in [-0.2, 0) is 22.7 Å². The standard InChI is InChI=1S/C19H27N3O2/c20-17-7-2-6-16(17)11-18(23)21-12-14-4-1-5-15(10-14)13-22-9-3-8-19(22)24/h1,4-5,10,16-17H,2-3,6-9,11-13,20H2,(H,21,23)/t16-,17+/m0/s1. The molecular formula is C19H27N3O2. The molecular weight excluding hydrogens is 302 g/mol. The molecule has 3 rings (SSSR count). The molecule has 0 spiro atoms. The summed E-state index contributed by atoms with van der Waals surface area (Å²) in [5, 5.41) is 3.00. The Morgan fingerprint density at radius 2 is 2.08 bits per heavy atom. The molecule has 130 valence electrons. The quantitative estimate of drug-likeness (QED) is 0.837. The van der Waals surface area contributed by atoms with Crippen molar-refractivity contribution in [2.24, 2.45) is 11.7 Å². The molecule has 5 heteroatoms. The van der Waals surface area contributed by atoms with Gasteiger partial charge in [-0.1, -0.05) is 30.7 Å². The Morgan fingerprint density at radius 1 is 1.25 bits per heavy atom. The summed E-state index contributed by atoms with van der Waals surface area (Å²) in [7, 11) is 0. The molecule has 1 aromatic carbocycles. The van der Waals surface area contributed by atoms with Crippen LogP contribution in [0, 0.1) is 5.92 Å². The van der Waals surface area contributed by atoms with Crippen molar-refractivity contribution in [3.63, 3.8) is 0 Å². The zero-order valence-electron chi connectivity index (χ0n) is 14.2.